The fraction of sp³-hybridized carbons (Fsp3) is 0.231. The van der Waals surface area contributed by atoms with Gasteiger partial charge in [0.1, 0.15) is 0 Å². The number of carbonyl (C=O) groups excluding carboxylic acids is 2. The Balaban J connectivity index is 1.31. The number of benzene rings is 3. The van der Waals surface area contributed by atoms with Gasteiger partial charge in [0.2, 0.25) is 5.91 Å². The molecule has 2 aliphatic rings. The third kappa shape index (κ3) is 3.73. The smallest absolute Gasteiger partial charge is 0.255 e. The molecule has 1 aliphatic heterocycles. The molecule has 0 bridgehead atoms. The average Bonchev–Trinajstić information content (AvgIpc) is 3.64. The maximum Gasteiger partial charge on any atom is 0.255 e. The predicted molar refractivity (Wildman–Crippen MR) is 120 cm³/mol. The molecule has 0 saturated heterocycles. The molecule has 1 aliphatic carbocycles. The van der Waals surface area contributed by atoms with Crippen LogP contribution >= 0.6 is 0 Å². The SMILES string of the molecule is O=C(Nc1ccc2c(c1)CCCN2C(=O)C1CC1)c1ccc(-c2ccccc2)cc1. The molecule has 4 nitrogen and oxygen atoms in total. The van der Waals surface area contributed by atoms with Crippen molar-refractivity contribution >= 4 is 23.2 Å². The predicted octanol–water partition coefficient (Wildman–Crippen LogP) is 5.30. The van der Waals surface area contributed by atoms with E-state index < -0.39 is 0 Å². The van der Waals surface area contributed by atoms with Gasteiger partial charge in [0.25, 0.3) is 5.91 Å². The van der Waals surface area contributed by atoms with Crippen LogP contribution in [0.2, 0.25) is 0 Å². The second kappa shape index (κ2) is 7.79. The van der Waals surface area contributed by atoms with Gasteiger partial charge in [-0.2, -0.15) is 0 Å². The minimum Gasteiger partial charge on any atom is -0.322 e. The molecule has 0 spiro atoms. The summed E-state index contributed by atoms with van der Waals surface area (Å²) in [4.78, 5) is 27.2. The lowest BCUT2D eigenvalue weighted by Crippen LogP contribution is -2.36. The number of amides is 2. The van der Waals surface area contributed by atoms with E-state index in [4.69, 9.17) is 0 Å². The summed E-state index contributed by atoms with van der Waals surface area (Å²) in [6.45, 7) is 0.793. The maximum absolute atomic E-state index is 12.7. The summed E-state index contributed by atoms with van der Waals surface area (Å²) in [6.07, 6.45) is 3.92. The highest BCUT2D eigenvalue weighted by Gasteiger charge is 2.35. The molecule has 2 amide bonds. The minimum atomic E-state index is -0.128. The van der Waals surface area contributed by atoms with E-state index in [0.29, 0.717) is 5.56 Å². The first-order valence-corrected chi connectivity index (χ1v) is 10.6. The Morgan fingerprint density at radius 2 is 1.60 bits per heavy atom. The highest BCUT2D eigenvalue weighted by molar-refractivity contribution is 6.05. The topological polar surface area (TPSA) is 49.4 Å². The Bertz CT molecular complexity index is 1090. The monoisotopic (exact) mass is 396 g/mol. The Kier molecular flexibility index (Phi) is 4.83. The number of aryl methyl sites for hydroxylation is 1. The number of hydrogen-bond acceptors (Lipinski definition) is 2. The zero-order valence-corrected chi connectivity index (χ0v) is 16.8. The van der Waals surface area contributed by atoms with Crippen LogP contribution in [0.25, 0.3) is 11.1 Å². The maximum atomic E-state index is 12.7. The van der Waals surface area contributed by atoms with Gasteiger partial charge in [-0.15, -0.1) is 0 Å². The molecule has 1 N–H and O–H groups in total. The van der Waals surface area contributed by atoms with E-state index in [1.807, 2.05) is 65.6 Å². The normalized spacial score (nSPS) is 15.4. The molecule has 0 aromatic heterocycles. The third-order valence-corrected chi connectivity index (χ3v) is 5.90. The van der Waals surface area contributed by atoms with Crippen molar-refractivity contribution in [3.8, 4) is 11.1 Å². The summed E-state index contributed by atoms with van der Waals surface area (Å²) >= 11 is 0. The van der Waals surface area contributed by atoms with Gasteiger partial charge in [-0.1, -0.05) is 42.5 Å². The van der Waals surface area contributed by atoms with Crippen molar-refractivity contribution < 1.29 is 9.59 Å². The zero-order chi connectivity index (χ0) is 20.5. The van der Waals surface area contributed by atoms with Crippen molar-refractivity contribution in [1.82, 2.24) is 0 Å². The first-order valence-electron chi connectivity index (χ1n) is 10.6. The summed E-state index contributed by atoms with van der Waals surface area (Å²) in [5.41, 5.74) is 5.74. The highest BCUT2D eigenvalue weighted by Crippen LogP contribution is 2.36. The van der Waals surface area contributed by atoms with Gasteiger partial charge in [-0.25, -0.2) is 0 Å². The van der Waals surface area contributed by atoms with Crippen LogP contribution < -0.4 is 10.2 Å². The van der Waals surface area contributed by atoms with E-state index in [9.17, 15) is 9.59 Å². The molecule has 4 heteroatoms. The average molecular weight is 396 g/mol. The van der Waals surface area contributed by atoms with Crippen molar-refractivity contribution in [2.75, 3.05) is 16.8 Å². The summed E-state index contributed by atoms with van der Waals surface area (Å²) in [5.74, 6) is 0.344. The van der Waals surface area contributed by atoms with Crippen molar-refractivity contribution in [2.24, 2.45) is 5.92 Å². The lowest BCUT2D eigenvalue weighted by atomic mass is 10.00. The Morgan fingerprint density at radius 3 is 2.33 bits per heavy atom. The van der Waals surface area contributed by atoms with Gasteiger partial charge in [-0.3, -0.25) is 9.59 Å². The van der Waals surface area contributed by atoms with Gasteiger partial charge in [0.15, 0.2) is 0 Å². The number of nitrogens with zero attached hydrogens (tertiary/aromatic N) is 1. The highest BCUT2D eigenvalue weighted by atomic mass is 16.2. The first kappa shape index (κ1) is 18.6. The lowest BCUT2D eigenvalue weighted by Gasteiger charge is -2.30. The number of rotatable bonds is 4. The van der Waals surface area contributed by atoms with Gasteiger partial charge in [-0.05, 0) is 72.7 Å². The molecular formula is C26H24N2O2. The Labute approximate surface area is 176 Å². The van der Waals surface area contributed by atoms with Crippen LogP contribution in [0.15, 0.2) is 72.8 Å². The number of nitrogens with one attached hydrogen (secondary N) is 1. The lowest BCUT2D eigenvalue weighted by molar-refractivity contribution is -0.119. The molecule has 0 radical (unpaired) electrons. The second-order valence-corrected chi connectivity index (χ2v) is 8.11. The number of fused-ring (bicyclic) bond motifs is 1. The number of carbonyl (C=O) groups is 2. The van der Waals surface area contributed by atoms with Crippen molar-refractivity contribution in [3.05, 3.63) is 83.9 Å². The van der Waals surface area contributed by atoms with Crippen LogP contribution in [0.5, 0.6) is 0 Å². The molecule has 1 fully saturated rings. The summed E-state index contributed by atoms with van der Waals surface area (Å²) in [5, 5.41) is 3.00. The quantitative estimate of drug-likeness (QED) is 0.651. The summed E-state index contributed by atoms with van der Waals surface area (Å²) in [7, 11) is 0. The molecule has 0 atom stereocenters. The van der Waals surface area contributed by atoms with Gasteiger partial charge in [0, 0.05) is 29.4 Å². The first-order chi connectivity index (χ1) is 14.7. The van der Waals surface area contributed by atoms with Gasteiger partial charge in [0.05, 0.1) is 0 Å². The minimum absolute atomic E-state index is 0.128. The van der Waals surface area contributed by atoms with Crippen molar-refractivity contribution in [1.29, 1.82) is 0 Å². The molecule has 3 aromatic carbocycles. The molecule has 1 heterocycles. The van der Waals surface area contributed by atoms with Crippen LogP contribution in [0, 0.1) is 5.92 Å². The van der Waals surface area contributed by atoms with E-state index in [2.05, 4.69) is 17.4 Å². The van der Waals surface area contributed by atoms with Crippen LogP contribution in [0.1, 0.15) is 35.2 Å². The van der Waals surface area contributed by atoms with E-state index in [1.54, 1.807) is 0 Å². The van der Waals surface area contributed by atoms with Crippen molar-refractivity contribution in [3.63, 3.8) is 0 Å². The molecule has 30 heavy (non-hydrogen) atoms. The van der Waals surface area contributed by atoms with E-state index in [-0.39, 0.29) is 17.7 Å². The Morgan fingerprint density at radius 1 is 0.867 bits per heavy atom. The fourth-order valence-corrected chi connectivity index (χ4v) is 4.10. The van der Waals surface area contributed by atoms with Crippen LogP contribution in [-0.2, 0) is 11.2 Å². The van der Waals surface area contributed by atoms with Crippen LogP contribution in [0.4, 0.5) is 11.4 Å². The third-order valence-electron chi connectivity index (χ3n) is 5.90. The fourth-order valence-electron chi connectivity index (χ4n) is 4.10. The molecule has 5 rings (SSSR count). The Hall–Kier alpha value is -3.40. The van der Waals surface area contributed by atoms with Gasteiger partial charge >= 0.3 is 0 Å². The summed E-state index contributed by atoms with van der Waals surface area (Å²) < 4.78 is 0. The van der Waals surface area contributed by atoms with Crippen LogP contribution in [-0.4, -0.2) is 18.4 Å². The van der Waals surface area contributed by atoms with E-state index >= 15 is 0 Å². The molecular weight excluding hydrogens is 372 g/mol. The van der Waals surface area contributed by atoms with E-state index in [0.717, 1.165) is 60.3 Å². The van der Waals surface area contributed by atoms with Crippen molar-refractivity contribution in [2.45, 2.75) is 25.7 Å². The van der Waals surface area contributed by atoms with Gasteiger partial charge < -0.3 is 10.2 Å². The zero-order valence-electron chi connectivity index (χ0n) is 16.8. The second-order valence-electron chi connectivity index (χ2n) is 8.11. The summed E-state index contributed by atoms with van der Waals surface area (Å²) in [6, 6.07) is 23.6. The standard InChI is InChI=1S/C26H24N2O2/c29-25(20-10-8-19(9-11-20)18-5-2-1-3-6-18)27-23-14-15-24-22(17-23)7-4-16-28(24)26(30)21-12-13-21/h1-3,5-6,8-11,14-15,17,21H,4,7,12-13,16H2,(H,27,29). The molecule has 150 valence electrons. The largest absolute Gasteiger partial charge is 0.322 e. The molecule has 3 aromatic rings. The molecule has 1 saturated carbocycles. The van der Waals surface area contributed by atoms with Crippen LogP contribution in [0.3, 0.4) is 0 Å². The number of hydrogen-bond donors (Lipinski definition) is 1. The number of anilines is 2. The van der Waals surface area contributed by atoms with E-state index in [1.165, 1.54) is 0 Å². The molecule has 0 unspecified atom stereocenters.